The van der Waals surface area contributed by atoms with Gasteiger partial charge in [0.15, 0.2) is 11.9 Å². The van der Waals surface area contributed by atoms with E-state index in [1.165, 1.54) is 20.8 Å². The Kier molecular flexibility index (Phi) is 9.73. The Balaban J connectivity index is 1.60. The minimum atomic E-state index is -1.73. The Morgan fingerprint density at radius 1 is 1.00 bits per heavy atom. The number of nitrogens with zero attached hydrogens (tertiary/aromatic N) is 1. The van der Waals surface area contributed by atoms with Gasteiger partial charge in [0.25, 0.3) is 0 Å². The summed E-state index contributed by atoms with van der Waals surface area (Å²) >= 11 is 0. The highest BCUT2D eigenvalue weighted by molar-refractivity contribution is 5.71. The first-order valence-corrected chi connectivity index (χ1v) is 16.6. The summed E-state index contributed by atoms with van der Waals surface area (Å²) in [7, 11) is 3.81. The van der Waals surface area contributed by atoms with Gasteiger partial charge in [-0.1, -0.05) is 50.8 Å². The van der Waals surface area contributed by atoms with Crippen LogP contribution in [0.4, 0.5) is 0 Å². The molecule has 48 heavy (non-hydrogen) atoms. The molecule has 0 unspecified atom stereocenters. The normalized spacial score (nSPS) is 36.3. The third-order valence-electron chi connectivity index (χ3n) is 11.3. The predicted molar refractivity (Wildman–Crippen MR) is 174 cm³/mol. The van der Waals surface area contributed by atoms with Gasteiger partial charge in [-0.15, -0.1) is 0 Å². The van der Waals surface area contributed by atoms with Crippen LogP contribution in [0.3, 0.4) is 0 Å². The van der Waals surface area contributed by atoms with Crippen molar-refractivity contribution in [3.05, 3.63) is 59.2 Å². The quantitative estimate of drug-likeness (QED) is 0.239. The third-order valence-corrected chi connectivity index (χ3v) is 11.3. The van der Waals surface area contributed by atoms with E-state index in [4.69, 9.17) is 23.7 Å². The van der Waals surface area contributed by atoms with Crippen LogP contribution in [0.2, 0.25) is 0 Å². The molecule has 1 N–H and O–H groups in total. The van der Waals surface area contributed by atoms with Crippen molar-refractivity contribution < 1.29 is 48.0 Å². The smallest absolute Gasteiger partial charge is 0.308 e. The summed E-state index contributed by atoms with van der Waals surface area (Å²) in [5.41, 5.74) is 0.668. The summed E-state index contributed by atoms with van der Waals surface area (Å²) in [5.74, 6) is -5.09. The Hall–Kier alpha value is -3.54. The topological polar surface area (TPSA) is 138 Å². The number of carbonyl (C=O) groups excluding carboxylic acids is 4. The molecule has 3 fully saturated rings. The molecular weight excluding hydrogens is 618 g/mol. The second-order valence-electron chi connectivity index (χ2n) is 14.6. The maximum atomic E-state index is 13.6. The molecule has 1 aromatic carbocycles. The van der Waals surface area contributed by atoms with Crippen molar-refractivity contribution in [2.45, 2.75) is 103 Å². The lowest BCUT2D eigenvalue weighted by atomic mass is 9.48. The summed E-state index contributed by atoms with van der Waals surface area (Å²) in [6, 6.07) is 9.49. The first kappa shape index (κ1) is 35.8. The zero-order chi connectivity index (χ0) is 35.3. The fraction of sp³-hybridized carbons (Fsp3) is 0.622. The van der Waals surface area contributed by atoms with Crippen molar-refractivity contribution in [2.24, 2.45) is 22.7 Å². The maximum absolute atomic E-state index is 13.6. The Bertz CT molecular complexity index is 1500. The molecule has 4 bridgehead atoms. The zero-order valence-electron chi connectivity index (χ0n) is 29.2. The second kappa shape index (κ2) is 13.1. The second-order valence-corrected chi connectivity index (χ2v) is 14.6. The number of rotatable bonds is 8. The van der Waals surface area contributed by atoms with Gasteiger partial charge in [-0.3, -0.25) is 19.2 Å². The number of hydrogen-bond acceptors (Lipinski definition) is 11. The van der Waals surface area contributed by atoms with Gasteiger partial charge in [-0.2, -0.15) is 0 Å². The van der Waals surface area contributed by atoms with Crippen molar-refractivity contribution >= 4 is 23.9 Å². The number of fused-ring (bicyclic) bond motifs is 2. The van der Waals surface area contributed by atoms with Gasteiger partial charge in [-0.05, 0) is 56.1 Å². The lowest BCUT2D eigenvalue weighted by Gasteiger charge is -2.64. The molecule has 0 radical (unpaired) electrons. The van der Waals surface area contributed by atoms with Gasteiger partial charge < -0.3 is 33.7 Å². The van der Waals surface area contributed by atoms with E-state index in [9.17, 15) is 24.3 Å². The van der Waals surface area contributed by atoms with Crippen LogP contribution in [-0.4, -0.2) is 84.8 Å². The fourth-order valence-electron chi connectivity index (χ4n) is 8.98. The molecule has 11 nitrogen and oxygen atoms in total. The maximum Gasteiger partial charge on any atom is 0.308 e. The van der Waals surface area contributed by atoms with Crippen LogP contribution in [0.1, 0.15) is 78.8 Å². The number of ether oxygens (including phenoxy) is 5. The third kappa shape index (κ3) is 6.20. The van der Waals surface area contributed by atoms with Gasteiger partial charge in [-0.25, -0.2) is 0 Å². The highest BCUT2D eigenvalue weighted by Crippen LogP contribution is 2.64. The van der Waals surface area contributed by atoms with E-state index in [1.807, 2.05) is 63.2 Å². The van der Waals surface area contributed by atoms with Gasteiger partial charge in [0.1, 0.15) is 18.3 Å². The predicted octanol–water partition coefficient (Wildman–Crippen LogP) is 4.43. The van der Waals surface area contributed by atoms with Crippen LogP contribution in [0.15, 0.2) is 53.6 Å². The average Bonchev–Trinajstić information content (AvgIpc) is 2.99. The van der Waals surface area contributed by atoms with Crippen molar-refractivity contribution in [1.29, 1.82) is 0 Å². The molecule has 2 saturated carbocycles. The highest BCUT2D eigenvalue weighted by atomic mass is 16.6. The summed E-state index contributed by atoms with van der Waals surface area (Å²) in [6.07, 6.45) is -2.83. The lowest BCUT2D eigenvalue weighted by Crippen LogP contribution is -2.69. The van der Waals surface area contributed by atoms with E-state index < -0.39 is 76.7 Å². The molecule has 262 valence electrons. The first-order valence-electron chi connectivity index (χ1n) is 16.6. The lowest BCUT2D eigenvalue weighted by molar-refractivity contribution is -0.284. The van der Waals surface area contributed by atoms with Gasteiger partial charge in [0.2, 0.25) is 0 Å². The molecule has 0 spiro atoms. The molecule has 0 aromatic heterocycles. The van der Waals surface area contributed by atoms with Crippen molar-refractivity contribution in [2.75, 3.05) is 20.7 Å². The average molecular weight is 668 g/mol. The molecule has 1 aromatic rings. The van der Waals surface area contributed by atoms with E-state index in [-0.39, 0.29) is 25.5 Å². The number of hydrogen-bond donors (Lipinski definition) is 1. The SMILES string of the molecule is C=C1[C@@H](OC(=O)C[C@H](c2ccccc2)N(C)C)CC[C@@]2(C)[C@@H](OC(C)=O)[C@H](OC(C)=O)C3=C(C)[C@@]4(O)C[C@@H]([C@@H](OC(C)=O)[C@H]12)[C@]3(C)CO4. The molecule has 10 atom stereocenters. The number of esters is 4. The van der Waals surface area contributed by atoms with Crippen LogP contribution in [0.25, 0.3) is 0 Å². The molecule has 11 heteroatoms. The van der Waals surface area contributed by atoms with Crippen LogP contribution < -0.4 is 0 Å². The van der Waals surface area contributed by atoms with Crippen molar-refractivity contribution in [3.63, 3.8) is 0 Å². The molecule has 6 rings (SSSR count). The Labute approximate surface area is 282 Å². The monoisotopic (exact) mass is 667 g/mol. The Morgan fingerprint density at radius 3 is 2.21 bits per heavy atom. The molecule has 2 aliphatic heterocycles. The molecule has 2 heterocycles. The zero-order valence-corrected chi connectivity index (χ0v) is 29.2. The van der Waals surface area contributed by atoms with Gasteiger partial charge >= 0.3 is 23.9 Å². The fourth-order valence-corrected chi connectivity index (χ4v) is 8.98. The molecule has 1 saturated heterocycles. The summed E-state index contributed by atoms with van der Waals surface area (Å²) < 4.78 is 30.6. The van der Waals surface area contributed by atoms with Crippen molar-refractivity contribution in [3.8, 4) is 0 Å². The van der Waals surface area contributed by atoms with Gasteiger partial charge in [0, 0.05) is 55.9 Å². The Morgan fingerprint density at radius 2 is 1.62 bits per heavy atom. The summed E-state index contributed by atoms with van der Waals surface area (Å²) in [4.78, 5) is 54.0. The van der Waals surface area contributed by atoms with E-state index in [0.717, 1.165) is 5.56 Å². The summed E-state index contributed by atoms with van der Waals surface area (Å²) in [6.45, 7) is 14.0. The molecule has 0 amide bonds. The minimum absolute atomic E-state index is 0.0445. The van der Waals surface area contributed by atoms with E-state index in [0.29, 0.717) is 29.6 Å². The molecular formula is C37H49NO10. The summed E-state index contributed by atoms with van der Waals surface area (Å²) in [5, 5.41) is 11.9. The van der Waals surface area contributed by atoms with Crippen LogP contribution >= 0.6 is 0 Å². The number of carbonyl (C=O) groups is 4. The van der Waals surface area contributed by atoms with E-state index in [2.05, 4.69) is 6.58 Å². The largest absolute Gasteiger partial charge is 0.462 e. The van der Waals surface area contributed by atoms with Crippen LogP contribution in [-0.2, 0) is 42.9 Å². The molecule has 3 aliphatic carbocycles. The van der Waals surface area contributed by atoms with Crippen LogP contribution in [0.5, 0.6) is 0 Å². The van der Waals surface area contributed by atoms with E-state index in [1.54, 1.807) is 6.92 Å². The standard InChI is InChI=1S/C37H49NO10/c1-20-28(48-29(42)17-27(38(8)9)25-13-11-10-12-14-25)15-16-35(6)30(20)32(45-22(3)39)26-18-37(43)21(2)31(36(26,7)19-44-37)33(46-23(4)40)34(35)47-24(5)41/h10-14,26-28,30,32-34,43H,1,15-19H2,2-9H3/t26-,27+,28-,30-,32+,33+,34-,35+,36-,37+/m0/s1. The number of aliphatic hydroxyl groups is 1. The minimum Gasteiger partial charge on any atom is -0.462 e. The van der Waals surface area contributed by atoms with Crippen LogP contribution in [0, 0.1) is 22.7 Å². The first-order chi connectivity index (χ1) is 22.4. The van der Waals surface area contributed by atoms with E-state index >= 15 is 0 Å². The van der Waals surface area contributed by atoms with Crippen molar-refractivity contribution in [1.82, 2.24) is 4.90 Å². The number of benzene rings is 1. The highest BCUT2D eigenvalue weighted by Gasteiger charge is 2.69. The van der Waals surface area contributed by atoms with Gasteiger partial charge in [0.05, 0.1) is 13.0 Å². The molecule has 5 aliphatic rings.